The number of hydrogen-bond acceptors (Lipinski definition) is 5. The minimum Gasteiger partial charge on any atom is -0.497 e. The van der Waals surface area contributed by atoms with Crippen LogP contribution in [0.4, 0.5) is 5.69 Å². The average Bonchev–Trinajstić information content (AvgIpc) is 2.45. The fourth-order valence-electron chi connectivity index (χ4n) is 1.64. The minimum absolute atomic E-state index is 0.414. The molecule has 0 atom stereocenters. The van der Waals surface area contributed by atoms with E-state index in [4.69, 9.17) is 14.2 Å². The summed E-state index contributed by atoms with van der Waals surface area (Å²) in [6.45, 7) is 1.21. The maximum absolute atomic E-state index is 11.5. The van der Waals surface area contributed by atoms with Crippen molar-refractivity contribution in [3.63, 3.8) is 0 Å². The Hall–Kier alpha value is -1.92. The zero-order valence-corrected chi connectivity index (χ0v) is 12.1. The first-order valence-corrected chi connectivity index (χ1v) is 6.06. The highest BCUT2D eigenvalue weighted by atomic mass is 16.7. The summed E-state index contributed by atoms with van der Waals surface area (Å²) >= 11 is 0. The van der Waals surface area contributed by atoms with Gasteiger partial charge in [-0.15, -0.1) is 0 Å². The first-order valence-electron chi connectivity index (χ1n) is 6.06. The maximum Gasteiger partial charge on any atom is 0.291 e. The summed E-state index contributed by atoms with van der Waals surface area (Å²) in [4.78, 5) is 22.5. The zero-order valence-electron chi connectivity index (χ0n) is 12.1. The molecule has 0 aliphatic rings. The van der Waals surface area contributed by atoms with E-state index >= 15 is 0 Å². The predicted octanol–water partition coefficient (Wildman–Crippen LogP) is 1.38. The number of carbonyl (C=O) groups excluding carboxylic acids is 2. The van der Waals surface area contributed by atoms with Crippen molar-refractivity contribution in [2.45, 2.75) is 19.6 Å². The van der Waals surface area contributed by atoms with Crippen molar-refractivity contribution in [2.24, 2.45) is 0 Å². The molecule has 0 heterocycles. The van der Waals surface area contributed by atoms with Crippen LogP contribution in [0.2, 0.25) is 0 Å². The number of Topliss-reactive ketones (excluding diaryl/α,β-unsaturated/α-hetero) is 1. The molecule has 0 saturated heterocycles. The molecule has 1 amide bonds. The number of hydrogen-bond donors (Lipinski definition) is 1. The fourth-order valence-corrected chi connectivity index (χ4v) is 1.64. The molecule has 0 aromatic heterocycles. The molecule has 0 unspecified atom stereocenters. The molecular formula is C14H19NO5. The van der Waals surface area contributed by atoms with Crippen LogP contribution in [-0.2, 0) is 25.5 Å². The van der Waals surface area contributed by atoms with Crippen LogP contribution in [-0.4, -0.2) is 39.3 Å². The van der Waals surface area contributed by atoms with Gasteiger partial charge in [0.25, 0.3) is 5.91 Å². The number of carbonyl (C=O) groups is 2. The highest BCUT2D eigenvalue weighted by Gasteiger charge is 2.15. The van der Waals surface area contributed by atoms with Crippen LogP contribution >= 0.6 is 0 Å². The topological polar surface area (TPSA) is 73.9 Å². The van der Waals surface area contributed by atoms with E-state index in [1.54, 1.807) is 25.3 Å². The summed E-state index contributed by atoms with van der Waals surface area (Å²) in [6, 6.07) is 5.14. The summed E-state index contributed by atoms with van der Waals surface area (Å²) < 4.78 is 15.4. The standard InChI is InChI=1S/C14H19NO5/c1-9(16)14(17)15-12-6-5-11(18-2)7-10(12)8-13(19-3)20-4/h5-7,13H,8H2,1-4H3,(H,15,17). The number of rotatable bonds is 7. The Morgan fingerprint density at radius 1 is 1.20 bits per heavy atom. The van der Waals surface area contributed by atoms with Gasteiger partial charge in [-0.1, -0.05) is 0 Å². The lowest BCUT2D eigenvalue weighted by Crippen LogP contribution is -2.22. The van der Waals surface area contributed by atoms with Crippen molar-refractivity contribution >= 4 is 17.4 Å². The van der Waals surface area contributed by atoms with Crippen LogP contribution in [0.15, 0.2) is 18.2 Å². The highest BCUT2D eigenvalue weighted by Crippen LogP contribution is 2.24. The Bertz CT molecular complexity index is 482. The van der Waals surface area contributed by atoms with Crippen molar-refractivity contribution in [1.29, 1.82) is 0 Å². The first-order chi connectivity index (χ1) is 9.51. The van der Waals surface area contributed by atoms with Crippen molar-refractivity contribution in [1.82, 2.24) is 0 Å². The molecule has 1 aromatic carbocycles. The molecule has 1 rings (SSSR count). The van der Waals surface area contributed by atoms with E-state index in [1.807, 2.05) is 0 Å². The third-order valence-electron chi connectivity index (χ3n) is 2.79. The molecule has 0 aliphatic heterocycles. The van der Waals surface area contributed by atoms with Crippen LogP contribution in [0.25, 0.3) is 0 Å². The molecular weight excluding hydrogens is 262 g/mol. The summed E-state index contributed by atoms with van der Waals surface area (Å²) in [5, 5.41) is 2.56. The van der Waals surface area contributed by atoms with E-state index in [2.05, 4.69) is 5.32 Å². The van der Waals surface area contributed by atoms with Crippen LogP contribution in [0, 0.1) is 0 Å². The summed E-state index contributed by atoms with van der Waals surface area (Å²) in [7, 11) is 4.61. The smallest absolute Gasteiger partial charge is 0.291 e. The molecule has 6 nitrogen and oxygen atoms in total. The van der Waals surface area contributed by atoms with E-state index in [9.17, 15) is 9.59 Å². The fraction of sp³-hybridized carbons (Fsp3) is 0.429. The van der Waals surface area contributed by atoms with Gasteiger partial charge >= 0.3 is 0 Å². The molecule has 0 radical (unpaired) electrons. The summed E-state index contributed by atoms with van der Waals surface area (Å²) in [5.41, 5.74) is 1.29. The van der Waals surface area contributed by atoms with E-state index in [0.717, 1.165) is 5.56 Å². The van der Waals surface area contributed by atoms with Crippen molar-refractivity contribution in [2.75, 3.05) is 26.6 Å². The van der Waals surface area contributed by atoms with Gasteiger partial charge in [0.05, 0.1) is 7.11 Å². The molecule has 110 valence electrons. The van der Waals surface area contributed by atoms with E-state index in [0.29, 0.717) is 17.9 Å². The van der Waals surface area contributed by atoms with E-state index in [1.165, 1.54) is 21.1 Å². The lowest BCUT2D eigenvalue weighted by molar-refractivity contribution is -0.133. The van der Waals surface area contributed by atoms with Crippen LogP contribution in [0.3, 0.4) is 0 Å². The minimum atomic E-state index is -0.664. The van der Waals surface area contributed by atoms with Gasteiger partial charge in [0.15, 0.2) is 6.29 Å². The van der Waals surface area contributed by atoms with Gasteiger partial charge in [-0.3, -0.25) is 9.59 Å². The molecule has 0 fully saturated rings. The second-order valence-corrected chi connectivity index (χ2v) is 4.14. The summed E-state index contributed by atoms with van der Waals surface area (Å²) in [6.07, 6.45) is -0.0346. The first kappa shape index (κ1) is 16.1. The third kappa shape index (κ3) is 4.32. The van der Waals surface area contributed by atoms with Gasteiger partial charge in [-0.2, -0.15) is 0 Å². The lowest BCUT2D eigenvalue weighted by Gasteiger charge is -2.17. The molecule has 1 N–H and O–H groups in total. The Morgan fingerprint density at radius 2 is 1.85 bits per heavy atom. The van der Waals surface area contributed by atoms with Gasteiger partial charge in [-0.05, 0) is 23.8 Å². The number of anilines is 1. The summed E-state index contributed by atoms with van der Waals surface area (Å²) in [5.74, 6) is -0.573. The normalized spacial score (nSPS) is 10.4. The molecule has 0 bridgehead atoms. The molecule has 0 saturated carbocycles. The third-order valence-corrected chi connectivity index (χ3v) is 2.79. The van der Waals surface area contributed by atoms with Crippen molar-refractivity contribution in [3.8, 4) is 5.75 Å². The quantitative estimate of drug-likeness (QED) is 0.604. The number of ketones is 1. The number of nitrogens with one attached hydrogen (secondary N) is 1. The van der Waals surface area contributed by atoms with E-state index < -0.39 is 18.0 Å². The van der Waals surface area contributed by atoms with Crippen LogP contribution in [0.5, 0.6) is 5.75 Å². The second kappa shape index (κ2) is 7.62. The second-order valence-electron chi connectivity index (χ2n) is 4.14. The highest BCUT2D eigenvalue weighted by molar-refractivity contribution is 6.39. The molecule has 1 aromatic rings. The molecule has 0 spiro atoms. The Balaban J connectivity index is 3.02. The van der Waals surface area contributed by atoms with Crippen molar-refractivity contribution in [3.05, 3.63) is 23.8 Å². The largest absolute Gasteiger partial charge is 0.497 e. The number of ether oxygens (including phenoxy) is 3. The van der Waals surface area contributed by atoms with Gasteiger partial charge in [0.1, 0.15) is 5.75 Å². The number of benzene rings is 1. The maximum atomic E-state index is 11.5. The Kier molecular flexibility index (Phi) is 6.14. The Morgan fingerprint density at radius 3 is 2.35 bits per heavy atom. The van der Waals surface area contributed by atoms with Gasteiger partial charge in [0.2, 0.25) is 5.78 Å². The van der Waals surface area contributed by atoms with Crippen LogP contribution in [0.1, 0.15) is 12.5 Å². The predicted molar refractivity (Wildman–Crippen MR) is 73.8 cm³/mol. The Labute approximate surface area is 118 Å². The van der Waals surface area contributed by atoms with Gasteiger partial charge in [0, 0.05) is 33.3 Å². The van der Waals surface area contributed by atoms with Gasteiger partial charge in [-0.25, -0.2) is 0 Å². The van der Waals surface area contributed by atoms with Gasteiger partial charge < -0.3 is 19.5 Å². The number of amides is 1. The molecule has 20 heavy (non-hydrogen) atoms. The number of methoxy groups -OCH3 is 3. The molecule has 0 aliphatic carbocycles. The SMILES string of the molecule is COc1ccc(NC(=O)C(C)=O)c(CC(OC)OC)c1. The zero-order chi connectivity index (χ0) is 15.1. The lowest BCUT2D eigenvalue weighted by atomic mass is 10.1. The van der Waals surface area contributed by atoms with E-state index in [-0.39, 0.29) is 0 Å². The monoisotopic (exact) mass is 281 g/mol. The van der Waals surface area contributed by atoms with Crippen molar-refractivity contribution < 1.29 is 23.8 Å². The van der Waals surface area contributed by atoms with Crippen LogP contribution < -0.4 is 10.1 Å². The molecule has 6 heteroatoms. The average molecular weight is 281 g/mol.